The van der Waals surface area contributed by atoms with Crippen LogP contribution < -0.4 is 11.1 Å². The third kappa shape index (κ3) is 2.93. The van der Waals surface area contributed by atoms with E-state index in [1.165, 1.54) is 5.57 Å². The Morgan fingerprint density at radius 2 is 1.93 bits per heavy atom. The summed E-state index contributed by atoms with van der Waals surface area (Å²) in [4.78, 5) is 0. The van der Waals surface area contributed by atoms with Crippen LogP contribution in [0.5, 0.6) is 0 Å². The van der Waals surface area contributed by atoms with Crippen LogP contribution in [0.2, 0.25) is 0 Å². The molecule has 2 heterocycles. The lowest BCUT2D eigenvalue weighted by Crippen LogP contribution is -2.59. The van der Waals surface area contributed by atoms with Crippen LogP contribution in [0.4, 0.5) is 0 Å². The fourth-order valence-corrected chi connectivity index (χ4v) is 4.66. The van der Waals surface area contributed by atoms with Crippen LogP contribution >= 0.6 is 0 Å². The minimum atomic E-state index is -0.297. The number of piperidine rings is 1. The van der Waals surface area contributed by atoms with E-state index in [9.17, 15) is 5.26 Å². The second-order valence-corrected chi connectivity index (χ2v) is 7.74. The molecular weight excluding hydrogens is 334 g/mol. The Morgan fingerprint density at radius 3 is 2.63 bits per heavy atom. The standard InChI is InChI=1S/C23H25N3O/c1-13-14(2)22-21(15(3)19(12-24)23(25)26-22)18(13)11-17-9-10-20(27-17)16-7-5-4-6-8-16/h4-11,14-15,19,21-23,26H,1,25H2,2-3H3/b18-11+. The lowest BCUT2D eigenvalue weighted by Gasteiger charge is -2.41. The van der Waals surface area contributed by atoms with Gasteiger partial charge in [-0.25, -0.2) is 0 Å². The van der Waals surface area contributed by atoms with E-state index in [-0.39, 0.29) is 35.9 Å². The molecule has 1 aromatic heterocycles. The molecule has 2 aromatic rings. The zero-order chi connectivity index (χ0) is 19.1. The minimum absolute atomic E-state index is 0.160. The molecule has 1 saturated carbocycles. The van der Waals surface area contributed by atoms with E-state index in [0.29, 0.717) is 0 Å². The quantitative estimate of drug-likeness (QED) is 0.843. The van der Waals surface area contributed by atoms with Crippen LogP contribution in [0.15, 0.2) is 64.6 Å². The van der Waals surface area contributed by atoms with Gasteiger partial charge in [-0.15, -0.1) is 0 Å². The van der Waals surface area contributed by atoms with Gasteiger partial charge in [0, 0.05) is 17.5 Å². The molecule has 27 heavy (non-hydrogen) atoms. The number of nitriles is 1. The van der Waals surface area contributed by atoms with E-state index < -0.39 is 0 Å². The highest BCUT2D eigenvalue weighted by Gasteiger charge is 2.50. The summed E-state index contributed by atoms with van der Waals surface area (Å²) in [6.45, 7) is 8.64. The molecular formula is C23H25N3O. The largest absolute Gasteiger partial charge is 0.457 e. The lowest BCUT2D eigenvalue weighted by atomic mass is 9.73. The number of fused-ring (bicyclic) bond motifs is 1. The van der Waals surface area contributed by atoms with Crippen molar-refractivity contribution in [1.29, 1.82) is 5.26 Å². The van der Waals surface area contributed by atoms with Gasteiger partial charge in [-0.1, -0.05) is 50.8 Å². The molecule has 4 rings (SSSR count). The topological polar surface area (TPSA) is 75.0 Å². The number of benzene rings is 1. The van der Waals surface area contributed by atoms with Crippen LogP contribution in [0.3, 0.4) is 0 Å². The Hall–Kier alpha value is -2.61. The summed E-state index contributed by atoms with van der Waals surface area (Å²) in [7, 11) is 0. The van der Waals surface area contributed by atoms with Gasteiger partial charge in [-0.2, -0.15) is 5.26 Å². The van der Waals surface area contributed by atoms with Gasteiger partial charge in [0.1, 0.15) is 11.5 Å². The molecule has 6 unspecified atom stereocenters. The van der Waals surface area contributed by atoms with Crippen molar-refractivity contribution in [2.45, 2.75) is 26.1 Å². The molecule has 1 aromatic carbocycles. The highest BCUT2D eigenvalue weighted by molar-refractivity contribution is 5.63. The number of hydrogen-bond acceptors (Lipinski definition) is 4. The van der Waals surface area contributed by atoms with Crippen LogP contribution in [-0.4, -0.2) is 12.2 Å². The Balaban J connectivity index is 1.69. The number of nitrogens with one attached hydrogen (secondary N) is 1. The molecule has 1 saturated heterocycles. The highest BCUT2D eigenvalue weighted by Crippen LogP contribution is 2.49. The zero-order valence-corrected chi connectivity index (χ0v) is 15.7. The first-order valence-electron chi connectivity index (χ1n) is 9.48. The minimum Gasteiger partial charge on any atom is -0.457 e. The van der Waals surface area contributed by atoms with Gasteiger partial charge in [-0.3, -0.25) is 5.32 Å². The molecule has 0 bridgehead atoms. The monoisotopic (exact) mass is 359 g/mol. The molecule has 1 aliphatic carbocycles. The maximum atomic E-state index is 9.56. The van der Waals surface area contributed by atoms with Crippen molar-refractivity contribution in [3.8, 4) is 17.4 Å². The predicted octanol–water partition coefficient (Wildman–Crippen LogP) is 4.18. The number of rotatable bonds is 2. The summed E-state index contributed by atoms with van der Waals surface area (Å²) in [6.07, 6.45) is 1.80. The maximum absolute atomic E-state index is 9.56. The van der Waals surface area contributed by atoms with Gasteiger partial charge in [-0.05, 0) is 41.2 Å². The Kier molecular flexibility index (Phi) is 4.51. The lowest BCUT2D eigenvalue weighted by molar-refractivity contribution is 0.146. The van der Waals surface area contributed by atoms with Gasteiger partial charge in [0.05, 0.1) is 18.2 Å². The molecule has 6 atom stereocenters. The van der Waals surface area contributed by atoms with Crippen molar-refractivity contribution >= 4 is 6.08 Å². The maximum Gasteiger partial charge on any atom is 0.134 e. The number of hydrogen-bond donors (Lipinski definition) is 2. The van der Waals surface area contributed by atoms with Gasteiger partial charge < -0.3 is 10.2 Å². The molecule has 4 nitrogen and oxygen atoms in total. The molecule has 4 heteroatoms. The van der Waals surface area contributed by atoms with Crippen molar-refractivity contribution in [3.63, 3.8) is 0 Å². The van der Waals surface area contributed by atoms with E-state index in [4.69, 9.17) is 10.2 Å². The van der Waals surface area contributed by atoms with Crippen molar-refractivity contribution in [2.24, 2.45) is 29.4 Å². The van der Waals surface area contributed by atoms with Crippen molar-refractivity contribution in [2.75, 3.05) is 0 Å². The first-order chi connectivity index (χ1) is 13.0. The van der Waals surface area contributed by atoms with Crippen molar-refractivity contribution in [3.05, 3.63) is 65.9 Å². The normalized spacial score (nSPS) is 34.4. The van der Waals surface area contributed by atoms with Gasteiger partial charge in [0.15, 0.2) is 0 Å². The van der Waals surface area contributed by atoms with E-state index in [2.05, 4.69) is 37.9 Å². The van der Waals surface area contributed by atoms with E-state index in [0.717, 1.165) is 22.7 Å². The summed E-state index contributed by atoms with van der Waals surface area (Å²) >= 11 is 0. The van der Waals surface area contributed by atoms with Crippen LogP contribution in [-0.2, 0) is 0 Å². The first kappa shape index (κ1) is 17.8. The second kappa shape index (κ2) is 6.84. The SMILES string of the molecule is C=C1/C(=C\c2ccc(-c3ccccc3)o2)C2C(C)C(C#N)C(N)NC2C1C. The number of furan rings is 1. The summed E-state index contributed by atoms with van der Waals surface area (Å²) in [5.74, 6) is 2.09. The summed E-state index contributed by atoms with van der Waals surface area (Å²) in [5.41, 5.74) is 9.54. The Labute approximate surface area is 160 Å². The van der Waals surface area contributed by atoms with E-state index in [1.54, 1.807) is 0 Å². The molecule has 0 spiro atoms. The molecule has 1 aliphatic heterocycles. The molecule has 138 valence electrons. The first-order valence-corrected chi connectivity index (χ1v) is 9.48. The van der Waals surface area contributed by atoms with E-state index in [1.807, 2.05) is 42.5 Å². The average Bonchev–Trinajstić information content (AvgIpc) is 3.23. The fraction of sp³-hybridized carbons (Fsp3) is 0.348. The molecule has 0 radical (unpaired) electrons. The van der Waals surface area contributed by atoms with Gasteiger partial charge >= 0.3 is 0 Å². The van der Waals surface area contributed by atoms with Crippen LogP contribution in [0, 0.1) is 35.0 Å². The Morgan fingerprint density at radius 1 is 1.19 bits per heavy atom. The number of nitrogens with two attached hydrogens (primary N) is 1. The zero-order valence-electron chi connectivity index (χ0n) is 15.7. The third-order valence-electron chi connectivity index (χ3n) is 6.24. The van der Waals surface area contributed by atoms with Crippen molar-refractivity contribution < 1.29 is 4.42 Å². The second-order valence-electron chi connectivity index (χ2n) is 7.74. The highest BCUT2D eigenvalue weighted by atomic mass is 16.3. The fourth-order valence-electron chi connectivity index (χ4n) is 4.66. The smallest absolute Gasteiger partial charge is 0.134 e. The van der Waals surface area contributed by atoms with Crippen LogP contribution in [0.25, 0.3) is 17.4 Å². The van der Waals surface area contributed by atoms with Crippen LogP contribution in [0.1, 0.15) is 19.6 Å². The van der Waals surface area contributed by atoms with Gasteiger partial charge in [0.25, 0.3) is 0 Å². The predicted molar refractivity (Wildman–Crippen MR) is 107 cm³/mol. The molecule has 3 N–H and O–H groups in total. The summed E-state index contributed by atoms with van der Waals surface area (Å²) in [5, 5.41) is 13.0. The Bertz CT molecular complexity index is 921. The molecule has 0 amide bonds. The number of nitrogens with zero attached hydrogens (tertiary/aromatic N) is 1. The van der Waals surface area contributed by atoms with E-state index >= 15 is 0 Å². The molecule has 2 aliphatic rings. The summed E-state index contributed by atoms with van der Waals surface area (Å²) < 4.78 is 6.08. The van der Waals surface area contributed by atoms with Gasteiger partial charge in [0.2, 0.25) is 0 Å². The van der Waals surface area contributed by atoms with Crippen molar-refractivity contribution in [1.82, 2.24) is 5.32 Å². The average molecular weight is 359 g/mol. The summed E-state index contributed by atoms with van der Waals surface area (Å²) in [6, 6.07) is 16.7. The third-order valence-corrected chi connectivity index (χ3v) is 6.24. The molecule has 2 fully saturated rings.